The molecule has 2 aromatic carbocycles. The first-order valence-electron chi connectivity index (χ1n) is 13.8. The molecule has 0 saturated carbocycles. The van der Waals surface area contributed by atoms with E-state index in [1.807, 2.05) is 32.0 Å². The molecular weight excluding hydrogens is 531 g/mol. The molecule has 1 aliphatic heterocycles. The predicted octanol–water partition coefficient (Wildman–Crippen LogP) is 7.22. The van der Waals surface area contributed by atoms with Crippen LogP contribution in [-0.2, 0) is 17.7 Å². The minimum atomic E-state index is 0.640. The van der Waals surface area contributed by atoms with Gasteiger partial charge in [-0.3, -0.25) is 9.58 Å². The van der Waals surface area contributed by atoms with Crippen molar-refractivity contribution in [3.63, 3.8) is 0 Å². The molecule has 0 bridgehead atoms. The molecule has 3 heterocycles. The fourth-order valence-electron chi connectivity index (χ4n) is 5.76. The first-order chi connectivity index (χ1) is 18.7. The van der Waals surface area contributed by atoms with Crippen molar-refractivity contribution in [2.45, 2.75) is 54.0 Å². The highest BCUT2D eigenvalue weighted by Crippen LogP contribution is 2.40. The zero-order valence-electron chi connectivity index (χ0n) is 23.6. The van der Waals surface area contributed by atoms with Crippen molar-refractivity contribution in [3.05, 3.63) is 68.1 Å². The SMILES string of the molecule is Cc1cc(OCCCc2c(C)[nH]c3c(-c4c(C)nn(CCN5CCOCC5)c4C)c(Cl)ccc23)cc(C)c1Cl. The highest BCUT2D eigenvalue weighted by atomic mass is 35.5. The van der Waals surface area contributed by atoms with Gasteiger partial charge in [0.1, 0.15) is 5.75 Å². The number of halogens is 2. The number of rotatable bonds is 9. The average molecular weight is 570 g/mol. The monoisotopic (exact) mass is 568 g/mol. The Bertz CT molecular complexity index is 1460. The minimum absolute atomic E-state index is 0.640. The van der Waals surface area contributed by atoms with Crippen molar-refractivity contribution < 1.29 is 9.47 Å². The molecule has 1 saturated heterocycles. The summed E-state index contributed by atoms with van der Waals surface area (Å²) >= 11 is 13.2. The molecule has 4 aromatic rings. The van der Waals surface area contributed by atoms with Crippen LogP contribution in [0.5, 0.6) is 5.75 Å². The molecular formula is C31H38Cl2N4O2. The van der Waals surface area contributed by atoms with Crippen LogP contribution in [0.25, 0.3) is 22.0 Å². The summed E-state index contributed by atoms with van der Waals surface area (Å²) in [6.07, 6.45) is 1.82. The van der Waals surface area contributed by atoms with Gasteiger partial charge >= 0.3 is 0 Å². The maximum absolute atomic E-state index is 6.87. The second kappa shape index (κ2) is 11.9. The second-order valence-corrected chi connectivity index (χ2v) is 11.4. The van der Waals surface area contributed by atoms with E-state index in [0.29, 0.717) is 6.61 Å². The summed E-state index contributed by atoms with van der Waals surface area (Å²) in [5, 5.41) is 7.68. The standard InChI is InChI=1S/C31H38Cl2N4O2/c1-19-17-24(18-20(2)30(19)33)39-14-6-7-25-21(3)34-31-26(25)8-9-27(32)29(31)28-22(4)35-37(23(28)5)11-10-36-12-15-38-16-13-36/h8-9,17-18,34H,6-7,10-16H2,1-5H3. The molecule has 208 valence electrons. The van der Waals surface area contributed by atoms with Crippen molar-refractivity contribution in [3.8, 4) is 16.9 Å². The number of ether oxygens (including phenoxy) is 2. The summed E-state index contributed by atoms with van der Waals surface area (Å²) in [4.78, 5) is 6.10. The molecule has 6 nitrogen and oxygen atoms in total. The fourth-order valence-corrected chi connectivity index (χ4v) is 6.12. The molecule has 5 rings (SSSR count). The zero-order chi connectivity index (χ0) is 27.7. The third kappa shape index (κ3) is 5.85. The molecule has 0 amide bonds. The van der Waals surface area contributed by atoms with E-state index in [4.69, 9.17) is 37.8 Å². The normalized spacial score (nSPS) is 14.4. The van der Waals surface area contributed by atoms with E-state index in [2.05, 4.69) is 41.4 Å². The number of aryl methyl sites for hydroxylation is 5. The molecule has 0 radical (unpaired) electrons. The molecule has 1 aliphatic rings. The van der Waals surface area contributed by atoms with Crippen LogP contribution in [0.2, 0.25) is 10.0 Å². The van der Waals surface area contributed by atoms with Crippen LogP contribution in [0.1, 0.15) is 40.2 Å². The Morgan fingerprint density at radius 3 is 2.41 bits per heavy atom. The highest BCUT2D eigenvalue weighted by molar-refractivity contribution is 6.35. The van der Waals surface area contributed by atoms with Crippen molar-refractivity contribution in [1.29, 1.82) is 0 Å². The first-order valence-corrected chi connectivity index (χ1v) is 14.5. The molecule has 39 heavy (non-hydrogen) atoms. The Kier molecular flexibility index (Phi) is 8.57. The number of aromatic amines is 1. The molecule has 1 fully saturated rings. The number of benzene rings is 2. The second-order valence-electron chi connectivity index (χ2n) is 10.6. The third-order valence-corrected chi connectivity index (χ3v) is 8.77. The third-order valence-electron chi connectivity index (χ3n) is 7.86. The lowest BCUT2D eigenvalue weighted by Gasteiger charge is -2.26. The van der Waals surface area contributed by atoms with Crippen LogP contribution in [-0.4, -0.2) is 59.1 Å². The van der Waals surface area contributed by atoms with Gasteiger partial charge in [0, 0.05) is 52.6 Å². The Hall–Kier alpha value is -2.51. The van der Waals surface area contributed by atoms with Gasteiger partial charge in [0.15, 0.2) is 0 Å². The van der Waals surface area contributed by atoms with Crippen molar-refractivity contribution >= 4 is 34.1 Å². The number of H-pyrrole nitrogens is 1. The smallest absolute Gasteiger partial charge is 0.119 e. The van der Waals surface area contributed by atoms with Crippen LogP contribution in [0.3, 0.4) is 0 Å². The van der Waals surface area contributed by atoms with E-state index >= 15 is 0 Å². The van der Waals surface area contributed by atoms with E-state index in [-0.39, 0.29) is 0 Å². The highest BCUT2D eigenvalue weighted by Gasteiger charge is 2.22. The maximum atomic E-state index is 6.87. The van der Waals surface area contributed by atoms with Gasteiger partial charge in [0.2, 0.25) is 0 Å². The number of nitrogens with one attached hydrogen (secondary N) is 1. The summed E-state index contributed by atoms with van der Waals surface area (Å²) in [5.74, 6) is 0.871. The lowest BCUT2D eigenvalue weighted by atomic mass is 9.98. The van der Waals surface area contributed by atoms with Gasteiger partial charge in [-0.15, -0.1) is 0 Å². The summed E-state index contributed by atoms with van der Waals surface area (Å²) in [6, 6.07) is 8.18. The topological polar surface area (TPSA) is 55.3 Å². The predicted molar refractivity (Wildman–Crippen MR) is 161 cm³/mol. The number of hydrogen-bond acceptors (Lipinski definition) is 4. The van der Waals surface area contributed by atoms with Crippen LogP contribution < -0.4 is 4.74 Å². The van der Waals surface area contributed by atoms with Gasteiger partial charge < -0.3 is 14.5 Å². The Balaban J connectivity index is 1.35. The molecule has 1 N–H and O–H groups in total. The maximum Gasteiger partial charge on any atom is 0.119 e. The van der Waals surface area contributed by atoms with Crippen molar-refractivity contribution in [1.82, 2.24) is 19.7 Å². The van der Waals surface area contributed by atoms with Crippen LogP contribution in [0.15, 0.2) is 24.3 Å². The molecule has 2 aromatic heterocycles. The van der Waals surface area contributed by atoms with Gasteiger partial charge in [0.25, 0.3) is 0 Å². The quantitative estimate of drug-likeness (QED) is 0.216. The van der Waals surface area contributed by atoms with Crippen molar-refractivity contribution in [2.75, 3.05) is 39.5 Å². The number of fused-ring (bicyclic) bond motifs is 1. The van der Waals surface area contributed by atoms with Crippen molar-refractivity contribution in [2.24, 2.45) is 0 Å². The van der Waals surface area contributed by atoms with E-state index < -0.39 is 0 Å². The Morgan fingerprint density at radius 1 is 0.974 bits per heavy atom. The largest absolute Gasteiger partial charge is 0.494 e. The number of hydrogen-bond donors (Lipinski definition) is 1. The molecule has 8 heteroatoms. The van der Waals surface area contributed by atoms with Gasteiger partial charge in [-0.2, -0.15) is 5.10 Å². The molecule has 0 spiro atoms. The van der Waals surface area contributed by atoms with Gasteiger partial charge in [-0.05, 0) is 82.3 Å². The summed E-state index contributed by atoms with van der Waals surface area (Å²) in [5.41, 5.74) is 9.95. The summed E-state index contributed by atoms with van der Waals surface area (Å²) in [6.45, 7) is 16.4. The van der Waals surface area contributed by atoms with Gasteiger partial charge in [0.05, 0.1) is 42.6 Å². The van der Waals surface area contributed by atoms with E-state index in [0.717, 1.165) is 107 Å². The lowest BCUT2D eigenvalue weighted by Crippen LogP contribution is -2.38. The van der Waals surface area contributed by atoms with Crippen LogP contribution in [0.4, 0.5) is 0 Å². The van der Waals surface area contributed by atoms with E-state index in [1.54, 1.807) is 0 Å². The summed E-state index contributed by atoms with van der Waals surface area (Å²) in [7, 11) is 0. The zero-order valence-corrected chi connectivity index (χ0v) is 25.1. The number of nitrogens with zero attached hydrogens (tertiary/aromatic N) is 3. The van der Waals surface area contributed by atoms with E-state index in [9.17, 15) is 0 Å². The average Bonchev–Trinajstić information content (AvgIpc) is 3.38. The molecule has 0 aliphatic carbocycles. The van der Waals surface area contributed by atoms with Gasteiger partial charge in [-0.25, -0.2) is 0 Å². The minimum Gasteiger partial charge on any atom is -0.494 e. The van der Waals surface area contributed by atoms with Crippen LogP contribution >= 0.6 is 23.2 Å². The van der Waals surface area contributed by atoms with Crippen LogP contribution in [0, 0.1) is 34.6 Å². The lowest BCUT2D eigenvalue weighted by molar-refractivity contribution is 0.0359. The Morgan fingerprint density at radius 2 is 1.69 bits per heavy atom. The van der Waals surface area contributed by atoms with Gasteiger partial charge in [-0.1, -0.05) is 29.3 Å². The van der Waals surface area contributed by atoms with E-state index in [1.165, 1.54) is 16.6 Å². The number of aromatic nitrogens is 3. The first kappa shape index (κ1) is 28.0. The Labute approximate surface area is 241 Å². The molecule has 0 atom stereocenters. The summed E-state index contributed by atoms with van der Waals surface area (Å²) < 4.78 is 13.7. The fraction of sp³-hybridized carbons (Fsp3) is 0.452. The number of morpholine rings is 1. The molecule has 0 unspecified atom stereocenters.